The molecule has 1 atom stereocenters. The van der Waals surface area contributed by atoms with E-state index in [2.05, 4.69) is 0 Å². The first-order valence-electron chi connectivity index (χ1n) is 6.70. The Morgan fingerprint density at radius 2 is 2.06 bits per heavy atom. The predicted molar refractivity (Wildman–Crippen MR) is 70.7 cm³/mol. The van der Waals surface area contributed by atoms with Crippen LogP contribution >= 0.6 is 0 Å². The lowest BCUT2D eigenvalue weighted by Gasteiger charge is -2.28. The average molecular weight is 250 g/mol. The molecule has 0 aromatic heterocycles. The summed E-state index contributed by atoms with van der Waals surface area (Å²) in [6, 6.07) is 7.74. The maximum atomic E-state index is 10.3. The van der Waals surface area contributed by atoms with E-state index in [0.29, 0.717) is 19.1 Å². The lowest BCUT2D eigenvalue weighted by molar-refractivity contribution is 0.110. The van der Waals surface area contributed by atoms with Crippen LogP contribution in [0.2, 0.25) is 0 Å². The fraction of sp³-hybridized carbons (Fsp3) is 0.600. The second kappa shape index (κ2) is 6.76. The first-order chi connectivity index (χ1) is 8.81. The summed E-state index contributed by atoms with van der Waals surface area (Å²) in [5.41, 5.74) is 0.903. The van der Waals surface area contributed by atoms with E-state index >= 15 is 0 Å². The molecule has 1 aromatic carbocycles. The highest BCUT2D eigenvalue weighted by atomic mass is 16.5. The van der Waals surface area contributed by atoms with Crippen molar-refractivity contribution in [2.24, 2.45) is 5.92 Å². The number of rotatable bonds is 7. The van der Waals surface area contributed by atoms with Crippen LogP contribution in [0.3, 0.4) is 0 Å². The minimum absolute atomic E-state index is 0.408. The summed E-state index contributed by atoms with van der Waals surface area (Å²) in [5.74, 6) is 1.47. The summed E-state index contributed by atoms with van der Waals surface area (Å²) >= 11 is 0. The van der Waals surface area contributed by atoms with Gasteiger partial charge in [0, 0.05) is 12.7 Å². The van der Waals surface area contributed by atoms with Crippen LogP contribution in [0.1, 0.15) is 37.4 Å². The second-order valence-corrected chi connectivity index (χ2v) is 4.93. The largest absolute Gasteiger partial charge is 0.491 e. The van der Waals surface area contributed by atoms with Gasteiger partial charge in [-0.2, -0.15) is 0 Å². The first kappa shape index (κ1) is 13.4. The van der Waals surface area contributed by atoms with Gasteiger partial charge in [0.25, 0.3) is 0 Å². The van der Waals surface area contributed by atoms with Crippen molar-refractivity contribution in [1.82, 2.24) is 0 Å². The van der Waals surface area contributed by atoms with Crippen LogP contribution in [0.15, 0.2) is 24.3 Å². The maximum Gasteiger partial charge on any atom is 0.125 e. The Morgan fingerprint density at radius 3 is 2.72 bits per heavy atom. The zero-order valence-corrected chi connectivity index (χ0v) is 11.0. The summed E-state index contributed by atoms with van der Waals surface area (Å²) in [6.45, 7) is 1.08. The van der Waals surface area contributed by atoms with Crippen LogP contribution < -0.4 is 4.74 Å². The van der Waals surface area contributed by atoms with Gasteiger partial charge in [0.2, 0.25) is 0 Å². The van der Waals surface area contributed by atoms with E-state index in [9.17, 15) is 5.11 Å². The molecule has 0 amide bonds. The molecule has 3 nitrogen and oxygen atoms in total. The summed E-state index contributed by atoms with van der Waals surface area (Å²) < 4.78 is 10.6. The molecule has 0 saturated heterocycles. The third-order valence-corrected chi connectivity index (χ3v) is 3.60. The van der Waals surface area contributed by atoms with Crippen molar-refractivity contribution in [2.75, 3.05) is 20.3 Å². The second-order valence-electron chi connectivity index (χ2n) is 4.93. The highest BCUT2D eigenvalue weighted by molar-refractivity contribution is 5.35. The van der Waals surface area contributed by atoms with Gasteiger partial charge >= 0.3 is 0 Å². The van der Waals surface area contributed by atoms with Crippen molar-refractivity contribution in [3.05, 3.63) is 29.8 Å². The molecule has 0 bridgehead atoms. The zero-order valence-electron chi connectivity index (χ0n) is 11.0. The maximum absolute atomic E-state index is 10.3. The zero-order chi connectivity index (χ0) is 12.8. The molecule has 1 fully saturated rings. The number of hydrogen-bond acceptors (Lipinski definition) is 3. The fourth-order valence-electron chi connectivity index (χ4n) is 2.29. The minimum atomic E-state index is -0.408. The normalized spacial score (nSPS) is 17.2. The van der Waals surface area contributed by atoms with Gasteiger partial charge in [0.15, 0.2) is 0 Å². The van der Waals surface area contributed by atoms with Crippen LogP contribution in [0, 0.1) is 5.92 Å². The van der Waals surface area contributed by atoms with E-state index in [0.717, 1.165) is 17.7 Å². The Morgan fingerprint density at radius 1 is 1.28 bits per heavy atom. The smallest absolute Gasteiger partial charge is 0.125 e. The lowest BCUT2D eigenvalue weighted by atomic mass is 9.80. The van der Waals surface area contributed by atoms with E-state index in [1.165, 1.54) is 19.3 Å². The Bertz CT molecular complexity index is 361. The number of benzene rings is 1. The van der Waals surface area contributed by atoms with Crippen molar-refractivity contribution in [1.29, 1.82) is 0 Å². The number of aliphatic hydroxyl groups excluding tert-OH is 1. The minimum Gasteiger partial charge on any atom is -0.491 e. The fourth-order valence-corrected chi connectivity index (χ4v) is 2.29. The Balaban J connectivity index is 1.96. The van der Waals surface area contributed by atoms with Crippen LogP contribution in [0.5, 0.6) is 5.75 Å². The molecule has 0 spiro atoms. The van der Waals surface area contributed by atoms with Gasteiger partial charge in [-0.1, -0.05) is 37.5 Å². The average Bonchev–Trinajstić information content (AvgIpc) is 2.34. The van der Waals surface area contributed by atoms with Crippen molar-refractivity contribution in [2.45, 2.75) is 31.8 Å². The van der Waals surface area contributed by atoms with Crippen molar-refractivity contribution in [3.63, 3.8) is 0 Å². The number of hydrogen-bond donors (Lipinski definition) is 1. The third kappa shape index (κ3) is 3.47. The molecular formula is C15H22O3. The van der Waals surface area contributed by atoms with Crippen molar-refractivity contribution in [3.8, 4) is 5.75 Å². The first-order valence-corrected chi connectivity index (χ1v) is 6.70. The van der Waals surface area contributed by atoms with Crippen LogP contribution in [-0.4, -0.2) is 25.4 Å². The van der Waals surface area contributed by atoms with E-state index in [4.69, 9.17) is 9.47 Å². The molecule has 3 heteroatoms. The monoisotopic (exact) mass is 250 g/mol. The Kier molecular flexibility index (Phi) is 5.02. The van der Waals surface area contributed by atoms with Gasteiger partial charge < -0.3 is 14.6 Å². The molecule has 18 heavy (non-hydrogen) atoms. The van der Waals surface area contributed by atoms with Gasteiger partial charge in [-0.3, -0.25) is 0 Å². The quantitative estimate of drug-likeness (QED) is 0.756. The molecule has 1 saturated carbocycles. The number of methoxy groups -OCH3 is 1. The number of ether oxygens (including phenoxy) is 2. The third-order valence-electron chi connectivity index (χ3n) is 3.60. The highest BCUT2D eigenvalue weighted by Gasteiger charge is 2.23. The molecular weight excluding hydrogens is 228 g/mol. The van der Waals surface area contributed by atoms with Crippen LogP contribution in [0.25, 0.3) is 0 Å². The molecule has 1 aromatic rings. The van der Waals surface area contributed by atoms with Gasteiger partial charge in [-0.15, -0.1) is 0 Å². The molecule has 1 N–H and O–H groups in total. The van der Waals surface area contributed by atoms with E-state index in [-0.39, 0.29) is 0 Å². The lowest BCUT2D eigenvalue weighted by Crippen LogP contribution is -2.15. The summed E-state index contributed by atoms with van der Waals surface area (Å²) in [7, 11) is 1.65. The molecule has 1 unspecified atom stereocenters. The van der Waals surface area contributed by atoms with Crippen LogP contribution in [0.4, 0.5) is 0 Å². The highest BCUT2D eigenvalue weighted by Crippen LogP contribution is 2.37. The van der Waals surface area contributed by atoms with E-state index < -0.39 is 6.10 Å². The summed E-state index contributed by atoms with van der Waals surface area (Å²) in [4.78, 5) is 0. The van der Waals surface area contributed by atoms with E-state index in [1.54, 1.807) is 7.11 Å². The Hall–Kier alpha value is -1.06. The predicted octanol–water partition coefficient (Wildman–Crippen LogP) is 2.94. The number of para-hydroxylation sites is 1. The Labute approximate surface area is 109 Å². The van der Waals surface area contributed by atoms with Crippen molar-refractivity contribution >= 4 is 0 Å². The van der Waals surface area contributed by atoms with Crippen LogP contribution in [-0.2, 0) is 4.74 Å². The number of aliphatic hydroxyl groups is 1. The van der Waals surface area contributed by atoms with E-state index in [1.807, 2.05) is 24.3 Å². The molecule has 100 valence electrons. The molecule has 0 aliphatic heterocycles. The van der Waals surface area contributed by atoms with Gasteiger partial charge in [0.05, 0.1) is 12.7 Å². The molecule has 1 aliphatic rings. The molecule has 1 aliphatic carbocycles. The molecule has 2 rings (SSSR count). The topological polar surface area (TPSA) is 38.7 Å². The standard InChI is InChI=1S/C15H22O3/c1-17-9-10-18-15-8-3-2-7-13(15)14(16)11-12-5-4-6-12/h2-3,7-8,12,14,16H,4-6,9-11H2,1H3. The molecule has 0 radical (unpaired) electrons. The van der Waals surface area contributed by atoms with Gasteiger partial charge in [-0.25, -0.2) is 0 Å². The van der Waals surface area contributed by atoms with Gasteiger partial charge in [0.1, 0.15) is 12.4 Å². The SMILES string of the molecule is COCCOc1ccccc1C(O)CC1CCC1. The summed E-state index contributed by atoms with van der Waals surface area (Å²) in [6.07, 6.45) is 4.26. The van der Waals surface area contributed by atoms with Crippen molar-refractivity contribution < 1.29 is 14.6 Å². The van der Waals surface area contributed by atoms with Gasteiger partial charge in [-0.05, 0) is 18.4 Å². The molecule has 0 heterocycles. The summed E-state index contributed by atoms with van der Waals surface area (Å²) in [5, 5.41) is 10.3.